The molecule has 0 aromatic heterocycles. The lowest BCUT2D eigenvalue weighted by atomic mass is 10.1. The zero-order valence-electron chi connectivity index (χ0n) is 15.4. The maximum absolute atomic E-state index is 13.5. The van der Waals surface area contributed by atoms with E-state index in [1.54, 1.807) is 19.1 Å². The summed E-state index contributed by atoms with van der Waals surface area (Å²) in [7, 11) is 3.65. The van der Waals surface area contributed by atoms with Gasteiger partial charge < -0.3 is 15.0 Å². The van der Waals surface area contributed by atoms with Gasteiger partial charge in [0.25, 0.3) is 5.91 Å². The van der Waals surface area contributed by atoms with Crippen molar-refractivity contribution in [1.29, 1.82) is 0 Å². The van der Waals surface area contributed by atoms with Crippen LogP contribution < -0.4 is 10.1 Å². The van der Waals surface area contributed by atoms with E-state index in [0.29, 0.717) is 0 Å². The van der Waals surface area contributed by atoms with Gasteiger partial charge in [-0.05, 0) is 50.8 Å². The van der Waals surface area contributed by atoms with Crippen molar-refractivity contribution < 1.29 is 18.8 Å². The van der Waals surface area contributed by atoms with Crippen molar-refractivity contribution in [3.8, 4) is 5.75 Å². The number of nitro groups is 1. The number of ether oxygens (including phenoxy) is 1. The van der Waals surface area contributed by atoms with E-state index in [2.05, 4.69) is 5.32 Å². The van der Waals surface area contributed by atoms with E-state index in [1.807, 2.05) is 19.0 Å². The second kappa shape index (κ2) is 9.09. The lowest BCUT2D eigenvalue weighted by Gasteiger charge is -2.25. The van der Waals surface area contributed by atoms with Gasteiger partial charge in [-0.25, -0.2) is 4.39 Å². The molecule has 27 heavy (non-hydrogen) atoms. The lowest BCUT2D eigenvalue weighted by Crippen LogP contribution is -2.34. The molecule has 144 valence electrons. The molecule has 0 aliphatic carbocycles. The van der Waals surface area contributed by atoms with E-state index >= 15 is 0 Å². The maximum Gasteiger partial charge on any atom is 0.311 e. The van der Waals surface area contributed by atoms with E-state index in [-0.39, 0.29) is 42.0 Å². The first kappa shape index (κ1) is 20.3. The third kappa shape index (κ3) is 5.24. The fourth-order valence-corrected chi connectivity index (χ4v) is 2.68. The minimum absolute atomic E-state index is 0.116. The molecule has 2 rings (SSSR count). The van der Waals surface area contributed by atoms with Gasteiger partial charge in [-0.15, -0.1) is 0 Å². The maximum atomic E-state index is 13.5. The summed E-state index contributed by atoms with van der Waals surface area (Å²) >= 11 is 0. The Hall–Kier alpha value is -3.00. The Labute approximate surface area is 156 Å². The Morgan fingerprint density at radius 2 is 2.04 bits per heavy atom. The molecule has 0 heterocycles. The number of carbonyl (C=O) groups excluding carboxylic acids is 1. The molecule has 0 aliphatic heterocycles. The number of halogens is 1. The van der Waals surface area contributed by atoms with Crippen molar-refractivity contribution in [1.82, 2.24) is 10.2 Å². The van der Waals surface area contributed by atoms with Crippen LogP contribution in [-0.2, 0) is 0 Å². The summed E-state index contributed by atoms with van der Waals surface area (Å²) in [4.78, 5) is 24.9. The van der Waals surface area contributed by atoms with Gasteiger partial charge in [0.05, 0.1) is 17.6 Å². The number of likely N-dealkylation sites (N-methyl/N-ethyl adjacent to an activating group) is 1. The van der Waals surface area contributed by atoms with E-state index in [9.17, 15) is 19.3 Å². The van der Waals surface area contributed by atoms with E-state index in [4.69, 9.17) is 4.74 Å². The van der Waals surface area contributed by atoms with E-state index < -0.39 is 10.8 Å². The van der Waals surface area contributed by atoms with Crippen molar-refractivity contribution in [2.24, 2.45) is 0 Å². The number of hydrogen-bond donors (Lipinski definition) is 1. The first-order chi connectivity index (χ1) is 12.8. The van der Waals surface area contributed by atoms with Crippen LogP contribution in [0, 0.1) is 15.9 Å². The third-order valence-corrected chi connectivity index (χ3v) is 4.03. The van der Waals surface area contributed by atoms with Crippen molar-refractivity contribution >= 4 is 11.6 Å². The van der Waals surface area contributed by atoms with Crippen LogP contribution in [-0.4, -0.2) is 43.0 Å². The molecule has 0 radical (unpaired) electrons. The fourth-order valence-electron chi connectivity index (χ4n) is 2.68. The first-order valence-electron chi connectivity index (χ1n) is 8.44. The number of nitrogens with zero attached hydrogens (tertiary/aromatic N) is 2. The summed E-state index contributed by atoms with van der Waals surface area (Å²) in [6.45, 7) is 2.22. The number of benzene rings is 2. The van der Waals surface area contributed by atoms with Crippen LogP contribution in [0.15, 0.2) is 42.5 Å². The summed E-state index contributed by atoms with van der Waals surface area (Å²) in [5, 5.41) is 13.9. The molecule has 0 saturated carbocycles. The van der Waals surface area contributed by atoms with Crippen molar-refractivity contribution in [2.45, 2.75) is 13.0 Å². The van der Waals surface area contributed by atoms with Crippen LogP contribution in [0.25, 0.3) is 0 Å². The van der Waals surface area contributed by atoms with Gasteiger partial charge in [-0.1, -0.05) is 12.1 Å². The summed E-state index contributed by atoms with van der Waals surface area (Å²) in [5.41, 5.74) is 0.610. The molecule has 0 aliphatic rings. The van der Waals surface area contributed by atoms with Crippen LogP contribution >= 0.6 is 0 Å². The monoisotopic (exact) mass is 375 g/mol. The standard InChI is InChI=1S/C19H22FN3O4/c1-4-27-18-9-8-14(11-16(18)23(25)26)19(24)21-12-17(22(2)3)13-6-5-7-15(20)10-13/h5-11,17H,4,12H2,1-3H3,(H,21,24). The minimum atomic E-state index is -0.586. The Kier molecular flexibility index (Phi) is 6.84. The largest absolute Gasteiger partial charge is 0.487 e. The highest BCUT2D eigenvalue weighted by Crippen LogP contribution is 2.28. The van der Waals surface area contributed by atoms with Gasteiger partial charge in [0.15, 0.2) is 5.75 Å². The molecular formula is C19H22FN3O4. The predicted molar refractivity (Wildman–Crippen MR) is 99.4 cm³/mol. The molecule has 7 nitrogen and oxygen atoms in total. The summed E-state index contributed by atoms with van der Waals surface area (Å²) < 4.78 is 18.7. The summed E-state index contributed by atoms with van der Waals surface area (Å²) in [6, 6.07) is 9.98. The third-order valence-electron chi connectivity index (χ3n) is 4.03. The molecule has 1 atom stereocenters. The Morgan fingerprint density at radius 1 is 1.30 bits per heavy atom. The Bertz CT molecular complexity index is 826. The normalized spacial score (nSPS) is 11.9. The molecule has 1 N–H and O–H groups in total. The number of amides is 1. The molecule has 0 fully saturated rings. The van der Waals surface area contributed by atoms with Crippen LogP contribution in [0.3, 0.4) is 0 Å². The van der Waals surface area contributed by atoms with Gasteiger partial charge in [0, 0.05) is 18.2 Å². The fraction of sp³-hybridized carbons (Fsp3) is 0.316. The highest BCUT2D eigenvalue weighted by atomic mass is 19.1. The summed E-state index contributed by atoms with van der Waals surface area (Å²) in [5.74, 6) is -0.692. The van der Waals surface area contributed by atoms with Crippen molar-refractivity contribution in [3.63, 3.8) is 0 Å². The molecule has 1 unspecified atom stereocenters. The van der Waals surface area contributed by atoms with E-state index in [0.717, 1.165) is 5.56 Å². The topological polar surface area (TPSA) is 84.7 Å². The SMILES string of the molecule is CCOc1ccc(C(=O)NCC(c2cccc(F)c2)N(C)C)cc1[N+](=O)[O-]. The zero-order valence-corrected chi connectivity index (χ0v) is 15.4. The minimum Gasteiger partial charge on any atom is -0.487 e. The average molecular weight is 375 g/mol. The second-order valence-electron chi connectivity index (χ2n) is 6.12. The molecular weight excluding hydrogens is 353 g/mol. The molecule has 0 saturated heterocycles. The number of rotatable bonds is 8. The van der Waals surface area contributed by atoms with Gasteiger partial charge in [-0.2, -0.15) is 0 Å². The molecule has 2 aromatic rings. The molecule has 8 heteroatoms. The highest BCUT2D eigenvalue weighted by Gasteiger charge is 2.20. The highest BCUT2D eigenvalue weighted by molar-refractivity contribution is 5.95. The Balaban J connectivity index is 2.16. The number of nitro benzene ring substituents is 1. The van der Waals surface area contributed by atoms with Crippen LogP contribution in [0.2, 0.25) is 0 Å². The molecule has 1 amide bonds. The molecule has 0 bridgehead atoms. The second-order valence-corrected chi connectivity index (χ2v) is 6.12. The number of carbonyl (C=O) groups is 1. The first-order valence-corrected chi connectivity index (χ1v) is 8.44. The van der Waals surface area contributed by atoms with Crippen molar-refractivity contribution in [3.05, 3.63) is 69.5 Å². The Morgan fingerprint density at radius 3 is 2.63 bits per heavy atom. The molecule has 2 aromatic carbocycles. The molecule has 0 spiro atoms. The smallest absolute Gasteiger partial charge is 0.311 e. The van der Waals surface area contributed by atoms with Gasteiger partial charge in [-0.3, -0.25) is 14.9 Å². The van der Waals surface area contributed by atoms with Crippen LogP contribution in [0.1, 0.15) is 28.9 Å². The number of hydrogen-bond acceptors (Lipinski definition) is 5. The van der Waals surface area contributed by atoms with E-state index in [1.165, 1.54) is 30.3 Å². The average Bonchev–Trinajstić information content (AvgIpc) is 2.62. The van der Waals surface area contributed by atoms with Gasteiger partial charge >= 0.3 is 5.69 Å². The quantitative estimate of drug-likeness (QED) is 0.566. The summed E-state index contributed by atoms with van der Waals surface area (Å²) in [6.07, 6.45) is 0. The van der Waals surface area contributed by atoms with Crippen LogP contribution in [0.4, 0.5) is 10.1 Å². The van der Waals surface area contributed by atoms with Gasteiger partial charge in [0.1, 0.15) is 5.82 Å². The van der Waals surface area contributed by atoms with Gasteiger partial charge in [0.2, 0.25) is 0 Å². The van der Waals surface area contributed by atoms with Crippen molar-refractivity contribution in [2.75, 3.05) is 27.2 Å². The zero-order chi connectivity index (χ0) is 20.0. The number of nitrogens with one attached hydrogen (secondary N) is 1. The van der Waals surface area contributed by atoms with Crippen LogP contribution in [0.5, 0.6) is 5.75 Å². The lowest BCUT2D eigenvalue weighted by molar-refractivity contribution is -0.385. The predicted octanol–water partition coefficient (Wildman–Crippen LogP) is 3.17.